The van der Waals surface area contributed by atoms with Gasteiger partial charge in [-0.2, -0.15) is 0 Å². The molecule has 0 aliphatic rings. The summed E-state index contributed by atoms with van der Waals surface area (Å²) in [6.45, 7) is 2.63. The van der Waals surface area contributed by atoms with Gasteiger partial charge in [0.15, 0.2) is 11.6 Å². The van der Waals surface area contributed by atoms with Crippen LogP contribution in [0.3, 0.4) is 0 Å². The van der Waals surface area contributed by atoms with E-state index in [0.29, 0.717) is 18.2 Å². The monoisotopic (exact) mass is 422 g/mol. The quantitative estimate of drug-likeness (QED) is 0.390. The predicted octanol–water partition coefficient (Wildman–Crippen LogP) is 5.14. The lowest BCUT2D eigenvalue weighted by molar-refractivity contribution is 0.368. The zero-order chi connectivity index (χ0) is 21.9. The molecule has 3 N–H and O–H groups in total. The van der Waals surface area contributed by atoms with Gasteiger partial charge in [0, 0.05) is 41.2 Å². The lowest BCUT2D eigenvalue weighted by atomic mass is 10.0. The molecule has 0 aliphatic heterocycles. The van der Waals surface area contributed by atoms with Crippen LogP contribution >= 0.6 is 0 Å². The number of nitrogens with two attached hydrogens (primary N) is 1. The summed E-state index contributed by atoms with van der Waals surface area (Å²) in [6, 6.07) is 21.9. The van der Waals surface area contributed by atoms with Gasteiger partial charge in [-0.05, 0) is 18.2 Å². The third-order valence-corrected chi connectivity index (χ3v) is 5.37. The SMILES string of the molecule is CC(CNc1nc(-c2ccc3ncccc3c2)c(-c2ccccc2)nc1N)c1ccno1. The Morgan fingerprint density at radius 2 is 1.75 bits per heavy atom. The summed E-state index contributed by atoms with van der Waals surface area (Å²) >= 11 is 0. The van der Waals surface area contributed by atoms with Crippen molar-refractivity contribution in [2.75, 3.05) is 17.6 Å². The molecule has 7 heteroatoms. The van der Waals surface area contributed by atoms with Crippen molar-refractivity contribution >= 4 is 22.5 Å². The van der Waals surface area contributed by atoms with Gasteiger partial charge in [0.1, 0.15) is 5.76 Å². The van der Waals surface area contributed by atoms with Crippen molar-refractivity contribution in [3.8, 4) is 22.5 Å². The lowest BCUT2D eigenvalue weighted by Gasteiger charge is -2.16. The summed E-state index contributed by atoms with van der Waals surface area (Å²) in [7, 11) is 0. The molecule has 1 unspecified atom stereocenters. The van der Waals surface area contributed by atoms with Gasteiger partial charge in [-0.25, -0.2) is 9.97 Å². The summed E-state index contributed by atoms with van der Waals surface area (Å²) in [5.41, 5.74) is 10.6. The zero-order valence-electron chi connectivity index (χ0n) is 17.6. The van der Waals surface area contributed by atoms with Crippen molar-refractivity contribution in [1.82, 2.24) is 20.1 Å². The highest BCUT2D eigenvalue weighted by molar-refractivity contribution is 5.88. The van der Waals surface area contributed by atoms with Crippen LogP contribution in [0.5, 0.6) is 0 Å². The molecule has 0 aliphatic carbocycles. The number of benzene rings is 2. The lowest BCUT2D eigenvalue weighted by Crippen LogP contribution is -2.13. The van der Waals surface area contributed by atoms with E-state index in [0.717, 1.165) is 39.2 Å². The molecule has 0 fully saturated rings. The number of pyridine rings is 1. The molecule has 158 valence electrons. The molecular formula is C25H22N6O. The second-order valence-corrected chi connectivity index (χ2v) is 7.63. The van der Waals surface area contributed by atoms with Crippen molar-refractivity contribution in [1.29, 1.82) is 0 Å². The number of aromatic nitrogens is 4. The molecule has 32 heavy (non-hydrogen) atoms. The van der Waals surface area contributed by atoms with Crippen LogP contribution in [-0.2, 0) is 0 Å². The molecule has 5 aromatic rings. The fraction of sp³-hybridized carbons (Fsp3) is 0.120. The van der Waals surface area contributed by atoms with Gasteiger partial charge in [0.25, 0.3) is 0 Å². The molecule has 3 aromatic heterocycles. The maximum absolute atomic E-state index is 6.32. The number of nitrogens with zero attached hydrogens (tertiary/aromatic N) is 4. The molecule has 3 heterocycles. The topological polar surface area (TPSA) is 103 Å². The highest BCUT2D eigenvalue weighted by Crippen LogP contribution is 2.33. The molecule has 0 saturated carbocycles. The fourth-order valence-electron chi connectivity index (χ4n) is 3.63. The number of anilines is 2. The average Bonchev–Trinajstić information content (AvgIpc) is 3.38. The molecule has 0 spiro atoms. The van der Waals surface area contributed by atoms with Crippen molar-refractivity contribution in [3.63, 3.8) is 0 Å². The minimum atomic E-state index is 0.0997. The first-order chi connectivity index (χ1) is 15.7. The molecule has 0 amide bonds. The Morgan fingerprint density at radius 1 is 0.906 bits per heavy atom. The van der Waals surface area contributed by atoms with Crippen molar-refractivity contribution < 1.29 is 4.52 Å². The van der Waals surface area contributed by atoms with Crippen molar-refractivity contribution in [2.45, 2.75) is 12.8 Å². The van der Waals surface area contributed by atoms with Crippen LogP contribution < -0.4 is 11.1 Å². The molecule has 1 atom stereocenters. The molecule has 5 rings (SSSR count). The Labute approximate surface area is 185 Å². The molecular weight excluding hydrogens is 400 g/mol. The largest absolute Gasteiger partial charge is 0.381 e. The van der Waals surface area contributed by atoms with Crippen LogP contribution in [0.25, 0.3) is 33.4 Å². The van der Waals surface area contributed by atoms with E-state index in [1.165, 1.54) is 0 Å². The number of nitrogen functional groups attached to an aromatic ring is 1. The van der Waals surface area contributed by atoms with Gasteiger partial charge in [-0.3, -0.25) is 4.98 Å². The van der Waals surface area contributed by atoms with Gasteiger partial charge in [0.05, 0.1) is 23.1 Å². The first-order valence-electron chi connectivity index (χ1n) is 10.4. The third kappa shape index (κ3) is 3.88. The average molecular weight is 422 g/mol. The van der Waals surface area contributed by atoms with E-state index < -0.39 is 0 Å². The van der Waals surface area contributed by atoms with Gasteiger partial charge < -0.3 is 15.6 Å². The Balaban J connectivity index is 1.57. The molecule has 0 bridgehead atoms. The van der Waals surface area contributed by atoms with Crippen LogP contribution in [-0.4, -0.2) is 26.7 Å². The standard InChI is InChI=1S/C25H22N6O/c1-16(21-11-13-29-32-21)15-28-25-24(26)30-22(17-6-3-2-4-7-17)23(31-25)19-9-10-20-18(14-19)8-5-12-27-20/h2-14,16H,15H2,1H3,(H2,26,30)(H,28,31). The van der Waals surface area contributed by atoms with Gasteiger partial charge in [-0.15, -0.1) is 0 Å². The van der Waals surface area contributed by atoms with Crippen LogP contribution in [0.2, 0.25) is 0 Å². The number of nitrogens with one attached hydrogen (secondary N) is 1. The minimum Gasteiger partial charge on any atom is -0.381 e. The molecule has 7 nitrogen and oxygen atoms in total. The first kappa shape index (κ1) is 19.7. The van der Waals surface area contributed by atoms with Crippen LogP contribution in [0.4, 0.5) is 11.6 Å². The van der Waals surface area contributed by atoms with E-state index in [9.17, 15) is 0 Å². The fourth-order valence-corrected chi connectivity index (χ4v) is 3.63. The van der Waals surface area contributed by atoms with E-state index in [-0.39, 0.29) is 5.92 Å². The van der Waals surface area contributed by atoms with E-state index in [4.69, 9.17) is 20.2 Å². The third-order valence-electron chi connectivity index (χ3n) is 5.37. The smallest absolute Gasteiger partial charge is 0.169 e. The Hall–Kier alpha value is -4.26. The zero-order valence-corrected chi connectivity index (χ0v) is 17.6. The summed E-state index contributed by atoms with van der Waals surface area (Å²) in [5, 5.41) is 8.15. The summed E-state index contributed by atoms with van der Waals surface area (Å²) in [5.74, 6) is 1.78. The van der Waals surface area contributed by atoms with Crippen LogP contribution in [0, 0.1) is 0 Å². The van der Waals surface area contributed by atoms with E-state index >= 15 is 0 Å². The van der Waals surface area contributed by atoms with Crippen molar-refractivity contribution in [2.24, 2.45) is 0 Å². The van der Waals surface area contributed by atoms with Gasteiger partial charge in [-0.1, -0.05) is 54.5 Å². The Morgan fingerprint density at radius 3 is 2.56 bits per heavy atom. The summed E-state index contributed by atoms with van der Waals surface area (Å²) in [4.78, 5) is 14.1. The minimum absolute atomic E-state index is 0.0997. The maximum atomic E-state index is 6.32. The maximum Gasteiger partial charge on any atom is 0.169 e. The number of fused-ring (bicyclic) bond motifs is 1. The normalized spacial score (nSPS) is 12.0. The first-order valence-corrected chi connectivity index (χ1v) is 10.4. The predicted molar refractivity (Wildman–Crippen MR) is 126 cm³/mol. The highest BCUT2D eigenvalue weighted by Gasteiger charge is 2.17. The second kappa shape index (κ2) is 8.47. The summed E-state index contributed by atoms with van der Waals surface area (Å²) in [6.07, 6.45) is 3.43. The van der Waals surface area contributed by atoms with Gasteiger partial charge >= 0.3 is 0 Å². The number of rotatable bonds is 6. The number of hydrogen-bond donors (Lipinski definition) is 2. The molecule has 2 aromatic carbocycles. The Bertz CT molecular complexity index is 1350. The van der Waals surface area contributed by atoms with Crippen LogP contribution in [0.15, 0.2) is 83.6 Å². The van der Waals surface area contributed by atoms with E-state index in [1.54, 1.807) is 12.4 Å². The van der Waals surface area contributed by atoms with E-state index in [1.807, 2.05) is 67.6 Å². The van der Waals surface area contributed by atoms with Crippen LogP contribution in [0.1, 0.15) is 18.6 Å². The Kier molecular flexibility index (Phi) is 5.21. The molecule has 0 radical (unpaired) electrons. The van der Waals surface area contributed by atoms with E-state index in [2.05, 4.69) is 21.5 Å². The highest BCUT2D eigenvalue weighted by atomic mass is 16.5. The van der Waals surface area contributed by atoms with Crippen molar-refractivity contribution in [3.05, 3.63) is 84.9 Å². The van der Waals surface area contributed by atoms with Gasteiger partial charge in [0.2, 0.25) is 0 Å². The number of hydrogen-bond acceptors (Lipinski definition) is 7. The summed E-state index contributed by atoms with van der Waals surface area (Å²) < 4.78 is 5.26. The molecule has 0 saturated heterocycles. The second-order valence-electron chi connectivity index (χ2n) is 7.63.